The molecule has 0 aliphatic carbocycles. The highest BCUT2D eigenvalue weighted by Crippen LogP contribution is 2.17. The number of nitrogens with one attached hydrogen (secondary N) is 1. The van der Waals surface area contributed by atoms with Gasteiger partial charge in [0.25, 0.3) is 0 Å². The van der Waals surface area contributed by atoms with E-state index in [0.717, 1.165) is 6.54 Å². The Bertz CT molecular complexity index is 385. The molecule has 0 fully saturated rings. The topological polar surface area (TPSA) is 32.3 Å². The largest absolute Gasteiger partial charge is 0.307 e. The van der Waals surface area contributed by atoms with Crippen LogP contribution in [0.15, 0.2) is 30.3 Å². The Labute approximate surface area is 113 Å². The Kier molecular flexibility index (Phi) is 5.50. The summed E-state index contributed by atoms with van der Waals surface area (Å²) in [6, 6.07) is 10.2. The van der Waals surface area contributed by atoms with E-state index >= 15 is 0 Å². The van der Waals surface area contributed by atoms with E-state index < -0.39 is 11.0 Å². The van der Waals surface area contributed by atoms with Crippen LogP contribution in [0.5, 0.6) is 0 Å². The molecule has 1 rings (SSSR count). The van der Waals surface area contributed by atoms with Gasteiger partial charge in [0.1, 0.15) is 0 Å². The lowest BCUT2D eigenvalue weighted by atomic mass is 10.1. The maximum atomic E-state index is 12.2. The Morgan fingerprint density at radius 1 is 1.22 bits per heavy atom. The van der Waals surface area contributed by atoms with E-state index in [2.05, 4.69) is 21.8 Å². The van der Waals surface area contributed by atoms with Gasteiger partial charge < -0.3 is 4.90 Å². The Morgan fingerprint density at radius 3 is 2.22 bits per heavy atom. The molecule has 0 aliphatic heterocycles. The molecule has 0 aliphatic rings. The summed E-state index contributed by atoms with van der Waals surface area (Å²) in [4.78, 5) is 2.10. The maximum Gasteiger partial charge on any atom is 0.0976 e. The standard InChI is InChI=1S/C14H24N2OS/c1-14(2,3)18(17)15-13(11-16(4)5)12-9-7-6-8-10-12/h6-10,13,15H,11H2,1-5H3/t13-,18-/m1/s1. The van der Waals surface area contributed by atoms with Gasteiger partial charge in [0.2, 0.25) is 0 Å². The Morgan fingerprint density at radius 2 is 1.78 bits per heavy atom. The molecule has 0 unspecified atom stereocenters. The molecule has 0 aromatic heterocycles. The third kappa shape index (κ3) is 4.88. The zero-order valence-corrected chi connectivity index (χ0v) is 12.8. The predicted molar refractivity (Wildman–Crippen MR) is 78.8 cm³/mol. The monoisotopic (exact) mass is 268 g/mol. The van der Waals surface area contributed by atoms with Crippen LogP contribution in [0, 0.1) is 0 Å². The Balaban J connectivity index is 2.84. The fraction of sp³-hybridized carbons (Fsp3) is 0.571. The summed E-state index contributed by atoms with van der Waals surface area (Å²) in [7, 11) is 2.99. The second-order valence-electron chi connectivity index (χ2n) is 5.72. The molecule has 1 aromatic carbocycles. The summed E-state index contributed by atoms with van der Waals surface area (Å²) in [6.45, 7) is 6.77. The van der Waals surface area contributed by atoms with Crippen molar-refractivity contribution in [2.45, 2.75) is 31.6 Å². The van der Waals surface area contributed by atoms with Gasteiger partial charge in [0.05, 0.1) is 21.8 Å². The SMILES string of the molecule is CN(C)C[C@@H](N[S@](=O)C(C)(C)C)c1ccccc1. The van der Waals surface area contributed by atoms with Crippen molar-refractivity contribution in [2.75, 3.05) is 20.6 Å². The molecule has 0 radical (unpaired) electrons. The van der Waals surface area contributed by atoms with Crippen LogP contribution < -0.4 is 4.72 Å². The summed E-state index contributed by atoms with van der Waals surface area (Å²) in [6.07, 6.45) is 0. The lowest BCUT2D eigenvalue weighted by Crippen LogP contribution is -2.39. The molecule has 3 nitrogen and oxygen atoms in total. The van der Waals surface area contributed by atoms with E-state index in [9.17, 15) is 4.21 Å². The highest BCUT2D eigenvalue weighted by molar-refractivity contribution is 7.84. The van der Waals surface area contributed by atoms with Crippen LogP contribution in [0.3, 0.4) is 0 Å². The summed E-state index contributed by atoms with van der Waals surface area (Å²) in [5, 5.41) is 0. The molecule has 2 atom stereocenters. The van der Waals surface area contributed by atoms with Crippen molar-refractivity contribution in [2.24, 2.45) is 0 Å². The van der Waals surface area contributed by atoms with Gasteiger partial charge in [-0.15, -0.1) is 0 Å². The van der Waals surface area contributed by atoms with Crippen LogP contribution in [0.2, 0.25) is 0 Å². The van der Waals surface area contributed by atoms with E-state index in [1.807, 2.05) is 53.1 Å². The number of nitrogens with zero attached hydrogens (tertiary/aromatic N) is 1. The van der Waals surface area contributed by atoms with Crippen molar-refractivity contribution in [3.8, 4) is 0 Å². The predicted octanol–water partition coefficient (Wildman–Crippen LogP) is 2.34. The molecule has 1 aromatic rings. The molecule has 0 bridgehead atoms. The molecule has 4 heteroatoms. The maximum absolute atomic E-state index is 12.2. The molecule has 18 heavy (non-hydrogen) atoms. The molecule has 1 N–H and O–H groups in total. The van der Waals surface area contributed by atoms with Gasteiger partial charge >= 0.3 is 0 Å². The zero-order valence-electron chi connectivity index (χ0n) is 11.9. The molecule has 0 saturated carbocycles. The summed E-state index contributed by atoms with van der Waals surface area (Å²) in [5.41, 5.74) is 1.17. The molecule has 0 saturated heterocycles. The molecular formula is C14H24N2OS. The first-order chi connectivity index (χ1) is 8.30. The molecule has 0 spiro atoms. The highest BCUT2D eigenvalue weighted by atomic mass is 32.2. The number of hydrogen-bond donors (Lipinski definition) is 1. The Hall–Kier alpha value is -0.710. The molecule has 102 valence electrons. The second-order valence-corrected chi connectivity index (χ2v) is 7.72. The van der Waals surface area contributed by atoms with Gasteiger partial charge in [-0.2, -0.15) is 0 Å². The minimum atomic E-state index is -1.06. The lowest BCUT2D eigenvalue weighted by Gasteiger charge is -2.26. The number of benzene rings is 1. The van der Waals surface area contributed by atoms with Gasteiger partial charge in [-0.25, -0.2) is 8.93 Å². The van der Waals surface area contributed by atoms with E-state index in [4.69, 9.17) is 0 Å². The molecule has 0 heterocycles. The van der Waals surface area contributed by atoms with Crippen molar-refractivity contribution in [1.29, 1.82) is 0 Å². The van der Waals surface area contributed by atoms with E-state index in [0.29, 0.717) is 0 Å². The third-order valence-corrected chi connectivity index (χ3v) is 4.17. The summed E-state index contributed by atoms with van der Waals surface area (Å²) in [5.74, 6) is 0. The minimum Gasteiger partial charge on any atom is -0.307 e. The average molecular weight is 268 g/mol. The first-order valence-corrected chi connectivity index (χ1v) is 7.33. The first-order valence-electron chi connectivity index (χ1n) is 6.18. The molecular weight excluding hydrogens is 244 g/mol. The van der Waals surface area contributed by atoms with Gasteiger partial charge in [-0.05, 0) is 40.4 Å². The molecule has 0 amide bonds. The second kappa shape index (κ2) is 6.45. The fourth-order valence-corrected chi connectivity index (χ4v) is 2.39. The first kappa shape index (κ1) is 15.3. The van der Waals surface area contributed by atoms with E-state index in [1.54, 1.807) is 0 Å². The van der Waals surface area contributed by atoms with Crippen molar-refractivity contribution in [3.63, 3.8) is 0 Å². The van der Waals surface area contributed by atoms with Crippen LogP contribution in [0.1, 0.15) is 32.4 Å². The highest BCUT2D eigenvalue weighted by Gasteiger charge is 2.23. The summed E-state index contributed by atoms with van der Waals surface area (Å²) >= 11 is 0. The van der Waals surface area contributed by atoms with Gasteiger partial charge in [0, 0.05) is 6.54 Å². The number of rotatable bonds is 5. The van der Waals surface area contributed by atoms with E-state index in [1.165, 1.54) is 5.56 Å². The van der Waals surface area contributed by atoms with Crippen molar-refractivity contribution in [1.82, 2.24) is 9.62 Å². The number of hydrogen-bond acceptors (Lipinski definition) is 2. The van der Waals surface area contributed by atoms with Gasteiger partial charge in [-0.3, -0.25) is 0 Å². The minimum absolute atomic E-state index is 0.0845. The van der Waals surface area contributed by atoms with Crippen LogP contribution in [-0.4, -0.2) is 34.5 Å². The third-order valence-electron chi connectivity index (χ3n) is 2.56. The van der Waals surface area contributed by atoms with Crippen LogP contribution in [-0.2, 0) is 11.0 Å². The number of likely N-dealkylation sites (N-methyl/N-ethyl adjacent to an activating group) is 1. The van der Waals surface area contributed by atoms with Crippen molar-refractivity contribution in [3.05, 3.63) is 35.9 Å². The van der Waals surface area contributed by atoms with Gasteiger partial charge in [-0.1, -0.05) is 30.3 Å². The van der Waals surface area contributed by atoms with Crippen LogP contribution >= 0.6 is 0 Å². The van der Waals surface area contributed by atoms with Crippen molar-refractivity contribution >= 4 is 11.0 Å². The van der Waals surface area contributed by atoms with Crippen LogP contribution in [0.4, 0.5) is 0 Å². The zero-order chi connectivity index (χ0) is 13.8. The fourth-order valence-electron chi connectivity index (χ4n) is 1.57. The smallest absolute Gasteiger partial charge is 0.0976 e. The van der Waals surface area contributed by atoms with E-state index in [-0.39, 0.29) is 10.8 Å². The van der Waals surface area contributed by atoms with Crippen molar-refractivity contribution < 1.29 is 4.21 Å². The lowest BCUT2D eigenvalue weighted by molar-refractivity contribution is 0.365. The summed E-state index contributed by atoms with van der Waals surface area (Å²) < 4.78 is 15.2. The van der Waals surface area contributed by atoms with Gasteiger partial charge in [0.15, 0.2) is 0 Å². The average Bonchev–Trinajstić information content (AvgIpc) is 2.27. The normalized spacial score (nSPS) is 15.7. The van der Waals surface area contributed by atoms with Crippen LogP contribution in [0.25, 0.3) is 0 Å². The quantitative estimate of drug-likeness (QED) is 0.889.